The first kappa shape index (κ1) is 12.8. The second-order valence-electron chi connectivity index (χ2n) is 6.01. The summed E-state index contributed by atoms with van der Waals surface area (Å²) in [4.78, 5) is 13.9. The Morgan fingerprint density at radius 2 is 2.06 bits per heavy atom. The van der Waals surface area contributed by atoms with Crippen LogP contribution in [-0.4, -0.2) is 35.0 Å². The van der Waals surface area contributed by atoms with Crippen molar-refractivity contribution in [2.75, 3.05) is 6.54 Å². The van der Waals surface area contributed by atoms with Crippen molar-refractivity contribution in [1.82, 2.24) is 4.90 Å². The standard InChI is InChI=1S/C13H25N3O/c1-9-4-3-7-16(10(9)2)11-5-6-13(15,8-11)12(14)17/h9-11H,3-8,15H2,1-2H3,(H2,14,17). The van der Waals surface area contributed by atoms with Crippen LogP contribution >= 0.6 is 0 Å². The summed E-state index contributed by atoms with van der Waals surface area (Å²) < 4.78 is 0. The predicted octanol–water partition coefficient (Wildman–Crippen LogP) is 0.842. The lowest BCUT2D eigenvalue weighted by atomic mass is 9.90. The van der Waals surface area contributed by atoms with Crippen molar-refractivity contribution in [1.29, 1.82) is 0 Å². The van der Waals surface area contributed by atoms with E-state index in [0.29, 0.717) is 12.1 Å². The lowest BCUT2D eigenvalue weighted by molar-refractivity contribution is -0.123. The number of piperidine rings is 1. The van der Waals surface area contributed by atoms with Crippen LogP contribution in [0.15, 0.2) is 0 Å². The summed E-state index contributed by atoms with van der Waals surface area (Å²) in [5, 5.41) is 0. The van der Waals surface area contributed by atoms with Gasteiger partial charge in [0.15, 0.2) is 0 Å². The molecule has 1 aliphatic carbocycles. The summed E-state index contributed by atoms with van der Waals surface area (Å²) in [6.07, 6.45) is 5.06. The molecule has 1 heterocycles. The number of amides is 1. The van der Waals surface area contributed by atoms with E-state index in [2.05, 4.69) is 18.7 Å². The van der Waals surface area contributed by atoms with Crippen LogP contribution in [0.5, 0.6) is 0 Å². The predicted molar refractivity (Wildman–Crippen MR) is 68.3 cm³/mol. The number of nitrogens with zero attached hydrogens (tertiary/aromatic N) is 1. The quantitative estimate of drug-likeness (QED) is 0.750. The summed E-state index contributed by atoms with van der Waals surface area (Å²) in [6.45, 7) is 5.76. The van der Waals surface area contributed by atoms with Gasteiger partial charge in [0.1, 0.15) is 0 Å². The Labute approximate surface area is 104 Å². The van der Waals surface area contributed by atoms with Crippen molar-refractivity contribution < 1.29 is 4.79 Å². The second kappa shape index (κ2) is 4.58. The van der Waals surface area contributed by atoms with Gasteiger partial charge in [0, 0.05) is 12.1 Å². The van der Waals surface area contributed by atoms with E-state index in [4.69, 9.17) is 11.5 Å². The molecule has 4 atom stereocenters. The van der Waals surface area contributed by atoms with Gasteiger partial charge in [-0.15, -0.1) is 0 Å². The highest BCUT2D eigenvalue weighted by molar-refractivity contribution is 5.84. The van der Waals surface area contributed by atoms with E-state index in [1.807, 2.05) is 0 Å². The molecule has 2 rings (SSSR count). The summed E-state index contributed by atoms with van der Waals surface area (Å²) in [6, 6.07) is 1.05. The molecule has 0 bridgehead atoms. The zero-order valence-corrected chi connectivity index (χ0v) is 11.0. The van der Waals surface area contributed by atoms with E-state index in [9.17, 15) is 4.79 Å². The molecule has 0 radical (unpaired) electrons. The highest BCUT2D eigenvalue weighted by atomic mass is 16.1. The first-order valence-electron chi connectivity index (χ1n) is 6.78. The Morgan fingerprint density at radius 1 is 1.35 bits per heavy atom. The molecule has 4 unspecified atom stereocenters. The normalized spacial score (nSPS) is 43.8. The number of carbonyl (C=O) groups excluding carboxylic acids is 1. The van der Waals surface area contributed by atoms with Crippen molar-refractivity contribution in [3.05, 3.63) is 0 Å². The molecule has 4 heteroatoms. The van der Waals surface area contributed by atoms with Crippen molar-refractivity contribution >= 4 is 5.91 Å². The smallest absolute Gasteiger partial charge is 0.237 e. The van der Waals surface area contributed by atoms with Crippen LogP contribution in [0.25, 0.3) is 0 Å². The number of primary amides is 1. The maximum absolute atomic E-state index is 11.4. The average molecular weight is 239 g/mol. The third-order valence-corrected chi connectivity index (χ3v) is 4.91. The maximum atomic E-state index is 11.4. The molecule has 1 saturated carbocycles. The molecule has 1 amide bonds. The van der Waals surface area contributed by atoms with Gasteiger partial charge < -0.3 is 11.5 Å². The van der Waals surface area contributed by atoms with Crippen LogP contribution in [0, 0.1) is 5.92 Å². The van der Waals surface area contributed by atoms with Crippen LogP contribution in [-0.2, 0) is 4.79 Å². The molecule has 0 spiro atoms. The van der Waals surface area contributed by atoms with E-state index in [0.717, 1.165) is 31.7 Å². The number of hydrogen-bond acceptors (Lipinski definition) is 3. The highest BCUT2D eigenvalue weighted by Gasteiger charge is 2.44. The molecule has 0 aromatic rings. The molecule has 2 fully saturated rings. The Hall–Kier alpha value is -0.610. The molecule has 0 aromatic carbocycles. The van der Waals surface area contributed by atoms with E-state index < -0.39 is 5.54 Å². The van der Waals surface area contributed by atoms with Crippen molar-refractivity contribution in [3.63, 3.8) is 0 Å². The van der Waals surface area contributed by atoms with E-state index in [1.165, 1.54) is 12.8 Å². The maximum Gasteiger partial charge on any atom is 0.237 e. The van der Waals surface area contributed by atoms with Crippen LogP contribution in [0.1, 0.15) is 46.0 Å². The van der Waals surface area contributed by atoms with Gasteiger partial charge in [-0.05, 0) is 51.5 Å². The minimum Gasteiger partial charge on any atom is -0.368 e. The molecule has 4 nitrogen and oxygen atoms in total. The van der Waals surface area contributed by atoms with Gasteiger partial charge >= 0.3 is 0 Å². The molecular weight excluding hydrogens is 214 g/mol. The molecule has 2 aliphatic rings. The lowest BCUT2D eigenvalue weighted by Crippen LogP contribution is -2.53. The Kier molecular flexibility index (Phi) is 3.46. The molecule has 98 valence electrons. The highest BCUT2D eigenvalue weighted by Crippen LogP contribution is 2.35. The summed E-state index contributed by atoms with van der Waals surface area (Å²) >= 11 is 0. The van der Waals surface area contributed by atoms with Crippen LogP contribution in [0.3, 0.4) is 0 Å². The van der Waals surface area contributed by atoms with E-state index in [1.54, 1.807) is 0 Å². The van der Waals surface area contributed by atoms with E-state index in [-0.39, 0.29) is 5.91 Å². The Morgan fingerprint density at radius 3 is 2.65 bits per heavy atom. The number of hydrogen-bond donors (Lipinski definition) is 2. The van der Waals surface area contributed by atoms with Gasteiger partial charge in [0.2, 0.25) is 5.91 Å². The van der Waals surface area contributed by atoms with Gasteiger partial charge in [-0.2, -0.15) is 0 Å². The van der Waals surface area contributed by atoms with Gasteiger partial charge in [-0.1, -0.05) is 6.92 Å². The minimum atomic E-state index is -0.759. The first-order valence-corrected chi connectivity index (χ1v) is 6.78. The largest absolute Gasteiger partial charge is 0.368 e. The summed E-state index contributed by atoms with van der Waals surface area (Å²) in [5.74, 6) is 0.405. The van der Waals surface area contributed by atoms with E-state index >= 15 is 0 Å². The molecule has 0 aromatic heterocycles. The average Bonchev–Trinajstić information content (AvgIpc) is 2.66. The van der Waals surface area contributed by atoms with Gasteiger partial charge in [0.05, 0.1) is 5.54 Å². The lowest BCUT2D eigenvalue weighted by Gasteiger charge is -2.42. The molecule has 1 aliphatic heterocycles. The van der Waals surface area contributed by atoms with Gasteiger partial charge in [0.25, 0.3) is 0 Å². The molecule has 17 heavy (non-hydrogen) atoms. The Balaban J connectivity index is 2.03. The fourth-order valence-electron chi connectivity index (χ4n) is 3.44. The number of carbonyl (C=O) groups is 1. The monoisotopic (exact) mass is 239 g/mol. The SMILES string of the molecule is CC1CCCN(C2CCC(N)(C(N)=O)C2)C1C. The van der Waals surface area contributed by atoms with Gasteiger partial charge in [-0.3, -0.25) is 9.69 Å². The second-order valence-corrected chi connectivity index (χ2v) is 6.01. The summed E-state index contributed by atoms with van der Waals surface area (Å²) in [5.41, 5.74) is 10.7. The topological polar surface area (TPSA) is 72.3 Å². The zero-order chi connectivity index (χ0) is 12.6. The summed E-state index contributed by atoms with van der Waals surface area (Å²) in [7, 11) is 0. The fraction of sp³-hybridized carbons (Fsp3) is 0.923. The van der Waals surface area contributed by atoms with Crippen molar-refractivity contribution in [3.8, 4) is 0 Å². The molecule has 1 saturated heterocycles. The number of nitrogens with two attached hydrogens (primary N) is 2. The third-order valence-electron chi connectivity index (χ3n) is 4.91. The first-order chi connectivity index (χ1) is 7.94. The third kappa shape index (κ3) is 2.33. The minimum absolute atomic E-state index is 0.335. The van der Waals surface area contributed by atoms with Crippen LogP contribution in [0.2, 0.25) is 0 Å². The van der Waals surface area contributed by atoms with Crippen molar-refractivity contribution in [2.24, 2.45) is 17.4 Å². The van der Waals surface area contributed by atoms with Crippen molar-refractivity contribution in [2.45, 2.75) is 63.6 Å². The Bertz CT molecular complexity index is 307. The zero-order valence-electron chi connectivity index (χ0n) is 11.0. The fourth-order valence-corrected chi connectivity index (χ4v) is 3.44. The van der Waals surface area contributed by atoms with Crippen LogP contribution < -0.4 is 11.5 Å². The molecule has 4 N–H and O–H groups in total. The van der Waals surface area contributed by atoms with Crippen LogP contribution in [0.4, 0.5) is 0 Å². The molecular formula is C13H25N3O. The number of rotatable bonds is 2. The van der Waals surface area contributed by atoms with Gasteiger partial charge in [-0.25, -0.2) is 0 Å². The number of likely N-dealkylation sites (tertiary alicyclic amines) is 1.